The lowest BCUT2D eigenvalue weighted by Gasteiger charge is -2.27. The van der Waals surface area contributed by atoms with Crippen LogP contribution in [0.3, 0.4) is 0 Å². The molecule has 2 aliphatic rings. The van der Waals surface area contributed by atoms with Gasteiger partial charge in [0.1, 0.15) is 6.04 Å². The van der Waals surface area contributed by atoms with E-state index in [1.54, 1.807) is 30.3 Å². The van der Waals surface area contributed by atoms with Crippen LogP contribution in [-0.4, -0.2) is 47.7 Å². The maximum atomic E-state index is 14.6. The Morgan fingerprint density at radius 3 is 2.45 bits per heavy atom. The number of ether oxygens (including phenoxy) is 2. The number of amides is 6. The van der Waals surface area contributed by atoms with Crippen molar-refractivity contribution in [2.45, 2.75) is 25.4 Å². The molecule has 0 aliphatic carbocycles. The van der Waals surface area contributed by atoms with Gasteiger partial charge in [-0.25, -0.2) is 9.18 Å². The summed E-state index contributed by atoms with van der Waals surface area (Å²) in [7, 11) is 1.47. The molecule has 3 aromatic carbocycles. The molecule has 3 N–H and O–H groups in total. The van der Waals surface area contributed by atoms with Gasteiger partial charge >= 0.3 is 6.03 Å². The molecule has 204 valence electrons. The molecule has 11 nitrogen and oxygen atoms in total. The van der Waals surface area contributed by atoms with E-state index in [0.717, 1.165) is 11.0 Å². The number of fused-ring (bicyclic) bond motifs is 1. The molecular formula is C28H23FN4O7. The molecule has 0 radical (unpaired) electrons. The second-order valence-corrected chi connectivity index (χ2v) is 9.03. The zero-order valence-electron chi connectivity index (χ0n) is 21.2. The molecule has 40 heavy (non-hydrogen) atoms. The van der Waals surface area contributed by atoms with E-state index in [2.05, 4.69) is 16.0 Å². The molecule has 2 aliphatic heterocycles. The van der Waals surface area contributed by atoms with Crippen LogP contribution in [0.1, 0.15) is 39.1 Å². The first-order valence-corrected chi connectivity index (χ1v) is 12.2. The van der Waals surface area contributed by atoms with Crippen molar-refractivity contribution in [3.63, 3.8) is 0 Å². The number of piperidine rings is 1. The van der Waals surface area contributed by atoms with Gasteiger partial charge in [-0.15, -0.1) is 0 Å². The fourth-order valence-corrected chi connectivity index (χ4v) is 4.47. The number of para-hydroxylation sites is 2. The maximum Gasteiger partial charge on any atom is 0.319 e. The van der Waals surface area contributed by atoms with Gasteiger partial charge in [0.25, 0.3) is 11.8 Å². The molecule has 1 unspecified atom stereocenters. The fraction of sp³-hybridized carbons (Fsp3) is 0.179. The number of rotatable bonds is 7. The number of hydrogen-bond acceptors (Lipinski definition) is 7. The van der Waals surface area contributed by atoms with E-state index in [-0.39, 0.29) is 42.0 Å². The number of anilines is 1. The molecule has 1 saturated heterocycles. The third-order valence-corrected chi connectivity index (χ3v) is 6.44. The Morgan fingerprint density at radius 2 is 1.73 bits per heavy atom. The predicted molar refractivity (Wildman–Crippen MR) is 138 cm³/mol. The van der Waals surface area contributed by atoms with Crippen molar-refractivity contribution in [1.29, 1.82) is 0 Å². The van der Waals surface area contributed by atoms with Crippen LogP contribution in [0.25, 0.3) is 0 Å². The molecule has 5 rings (SSSR count). The van der Waals surface area contributed by atoms with E-state index in [1.165, 1.54) is 31.4 Å². The minimum absolute atomic E-state index is 0.00349. The predicted octanol–water partition coefficient (Wildman–Crippen LogP) is 3.35. The van der Waals surface area contributed by atoms with Gasteiger partial charge in [-0.3, -0.25) is 29.4 Å². The standard InChI is InChI=1S/C28H23FN4O7/c1-39-22-4-2-3-5-23(22)40-21-10-7-16(13-19(21)29)31-28(38)30-14-15-6-8-17-18(12-15)27(37)33(26(17)36)20-9-11-24(34)32-25(20)35/h2-8,10,12-13,20H,9,11,14H2,1H3,(H2,30,31,38)(H,32,34,35). The monoisotopic (exact) mass is 546 g/mol. The smallest absolute Gasteiger partial charge is 0.319 e. The van der Waals surface area contributed by atoms with Gasteiger partial charge < -0.3 is 20.1 Å². The van der Waals surface area contributed by atoms with E-state index in [0.29, 0.717) is 17.1 Å². The number of urea groups is 1. The average Bonchev–Trinajstić information content (AvgIpc) is 3.18. The fourth-order valence-electron chi connectivity index (χ4n) is 4.47. The Morgan fingerprint density at radius 1 is 0.975 bits per heavy atom. The average molecular weight is 547 g/mol. The lowest BCUT2D eigenvalue weighted by atomic mass is 10.0. The van der Waals surface area contributed by atoms with Crippen LogP contribution < -0.4 is 25.4 Å². The highest BCUT2D eigenvalue weighted by Crippen LogP contribution is 2.33. The molecule has 0 spiro atoms. The molecule has 3 aromatic rings. The third kappa shape index (κ3) is 5.19. The van der Waals surface area contributed by atoms with Gasteiger partial charge in [0.15, 0.2) is 23.1 Å². The maximum absolute atomic E-state index is 14.6. The van der Waals surface area contributed by atoms with Crippen LogP contribution in [0.2, 0.25) is 0 Å². The molecule has 2 heterocycles. The van der Waals surface area contributed by atoms with Crippen molar-refractivity contribution >= 4 is 35.3 Å². The topological polar surface area (TPSA) is 143 Å². The van der Waals surface area contributed by atoms with Crippen LogP contribution in [0, 0.1) is 5.82 Å². The molecule has 0 aromatic heterocycles. The molecule has 1 atom stereocenters. The first kappa shape index (κ1) is 26.4. The van der Waals surface area contributed by atoms with Gasteiger partial charge in [-0.2, -0.15) is 0 Å². The Hall–Kier alpha value is -5.26. The normalized spacial score (nSPS) is 16.4. The Labute approximate surface area is 227 Å². The van der Waals surface area contributed by atoms with Crippen molar-refractivity contribution in [2.24, 2.45) is 0 Å². The molecule has 12 heteroatoms. The number of carbonyl (C=O) groups is 5. The summed E-state index contributed by atoms with van der Waals surface area (Å²) < 4.78 is 25.4. The summed E-state index contributed by atoms with van der Waals surface area (Å²) in [6, 6.07) is 13.5. The van der Waals surface area contributed by atoms with Crippen molar-refractivity contribution in [3.8, 4) is 17.2 Å². The quantitative estimate of drug-likeness (QED) is 0.386. The number of halogens is 1. The Balaban J connectivity index is 1.20. The number of nitrogens with one attached hydrogen (secondary N) is 3. The Kier molecular flexibility index (Phi) is 7.15. The highest BCUT2D eigenvalue weighted by Gasteiger charge is 2.44. The minimum atomic E-state index is -1.07. The highest BCUT2D eigenvalue weighted by atomic mass is 19.1. The van der Waals surface area contributed by atoms with Gasteiger partial charge in [-0.1, -0.05) is 18.2 Å². The summed E-state index contributed by atoms with van der Waals surface area (Å²) in [5.41, 5.74) is 0.930. The van der Waals surface area contributed by atoms with E-state index in [9.17, 15) is 28.4 Å². The Bertz CT molecular complexity index is 1560. The number of carbonyl (C=O) groups excluding carboxylic acids is 5. The van der Waals surface area contributed by atoms with Gasteiger partial charge in [0.05, 0.1) is 18.2 Å². The number of hydrogen-bond donors (Lipinski definition) is 3. The van der Waals surface area contributed by atoms with Gasteiger partial charge in [0.2, 0.25) is 11.8 Å². The summed E-state index contributed by atoms with van der Waals surface area (Å²) in [6.07, 6.45) is 0.0778. The molecule has 1 fully saturated rings. The summed E-state index contributed by atoms with van der Waals surface area (Å²) in [5, 5.41) is 7.28. The minimum Gasteiger partial charge on any atom is -0.493 e. The molecule has 6 amide bonds. The molecular weight excluding hydrogens is 523 g/mol. The van der Waals surface area contributed by atoms with Crippen LogP contribution >= 0.6 is 0 Å². The number of methoxy groups -OCH3 is 1. The van der Waals surface area contributed by atoms with Gasteiger partial charge in [-0.05, 0) is 48.4 Å². The largest absolute Gasteiger partial charge is 0.493 e. The number of nitrogens with zero attached hydrogens (tertiary/aromatic N) is 1. The second kappa shape index (κ2) is 10.8. The number of imide groups is 2. The molecule has 0 saturated carbocycles. The summed E-state index contributed by atoms with van der Waals surface area (Å²) in [5.74, 6) is -2.41. The van der Waals surface area contributed by atoms with Crippen LogP contribution in [0.5, 0.6) is 17.2 Å². The first-order valence-electron chi connectivity index (χ1n) is 12.2. The number of benzene rings is 3. The lowest BCUT2D eigenvalue weighted by Crippen LogP contribution is -2.54. The van der Waals surface area contributed by atoms with Crippen LogP contribution in [0.15, 0.2) is 60.7 Å². The van der Waals surface area contributed by atoms with Crippen molar-refractivity contribution < 1.29 is 37.8 Å². The zero-order valence-corrected chi connectivity index (χ0v) is 21.2. The van der Waals surface area contributed by atoms with Crippen molar-refractivity contribution in [1.82, 2.24) is 15.5 Å². The van der Waals surface area contributed by atoms with Crippen LogP contribution in [-0.2, 0) is 16.1 Å². The van der Waals surface area contributed by atoms with E-state index >= 15 is 0 Å². The highest BCUT2D eigenvalue weighted by molar-refractivity contribution is 6.23. The second-order valence-electron chi connectivity index (χ2n) is 9.03. The van der Waals surface area contributed by atoms with E-state index < -0.39 is 41.5 Å². The summed E-state index contributed by atoms with van der Waals surface area (Å²) in [4.78, 5) is 62.7. The van der Waals surface area contributed by atoms with Gasteiger partial charge in [0, 0.05) is 24.7 Å². The first-order chi connectivity index (χ1) is 19.2. The summed E-state index contributed by atoms with van der Waals surface area (Å²) in [6.45, 7) is -0.00349. The van der Waals surface area contributed by atoms with E-state index in [1.807, 2.05) is 0 Å². The third-order valence-electron chi connectivity index (χ3n) is 6.44. The van der Waals surface area contributed by atoms with Crippen molar-refractivity contribution in [2.75, 3.05) is 12.4 Å². The van der Waals surface area contributed by atoms with E-state index in [4.69, 9.17) is 9.47 Å². The lowest BCUT2D eigenvalue weighted by molar-refractivity contribution is -0.136. The molecule has 0 bridgehead atoms. The summed E-state index contributed by atoms with van der Waals surface area (Å²) >= 11 is 0. The SMILES string of the molecule is COc1ccccc1Oc1ccc(NC(=O)NCc2ccc3c(c2)C(=O)N(C2CCC(=O)NC2=O)C3=O)cc1F. The van der Waals surface area contributed by atoms with Crippen LogP contribution in [0.4, 0.5) is 14.9 Å². The zero-order chi connectivity index (χ0) is 28.4. The van der Waals surface area contributed by atoms with Crippen molar-refractivity contribution in [3.05, 3.63) is 83.2 Å².